The monoisotopic (exact) mass is 315 g/mol. The number of para-hydroxylation sites is 3. The van der Waals surface area contributed by atoms with Gasteiger partial charge in [0.05, 0.1) is 22.5 Å². The van der Waals surface area contributed by atoms with E-state index in [9.17, 15) is 9.18 Å². The Morgan fingerprint density at radius 3 is 2.73 bits per heavy atom. The van der Waals surface area contributed by atoms with Gasteiger partial charge in [-0.15, -0.1) is 0 Å². The molecule has 0 radical (unpaired) electrons. The molecular formula is C16H14FN3OS. The van der Waals surface area contributed by atoms with Crippen LogP contribution >= 0.6 is 11.8 Å². The standard InChI is InChI=1S/C16H14FN3OS/c1-20-14-9-5-4-8-13(14)19-16(20)22-10-15(21)18-12-7-3-2-6-11(12)17/h2-9H,10H2,1H3,(H,18,21). The molecule has 0 aliphatic carbocycles. The summed E-state index contributed by atoms with van der Waals surface area (Å²) in [7, 11) is 1.91. The maximum absolute atomic E-state index is 13.5. The van der Waals surface area contributed by atoms with Gasteiger partial charge in [0.1, 0.15) is 5.82 Å². The zero-order valence-corrected chi connectivity index (χ0v) is 12.7. The Morgan fingerprint density at radius 2 is 1.95 bits per heavy atom. The Balaban J connectivity index is 1.68. The summed E-state index contributed by atoms with van der Waals surface area (Å²) in [6, 6.07) is 13.9. The fraction of sp³-hybridized carbons (Fsp3) is 0.125. The van der Waals surface area contributed by atoms with Gasteiger partial charge < -0.3 is 9.88 Å². The lowest BCUT2D eigenvalue weighted by Gasteiger charge is -2.06. The van der Waals surface area contributed by atoms with Gasteiger partial charge in [-0.05, 0) is 24.3 Å². The molecule has 6 heteroatoms. The number of imidazole rings is 1. The van der Waals surface area contributed by atoms with Crippen molar-refractivity contribution < 1.29 is 9.18 Å². The summed E-state index contributed by atoms with van der Waals surface area (Å²) in [5.74, 6) is -0.531. The summed E-state index contributed by atoms with van der Waals surface area (Å²) >= 11 is 1.32. The van der Waals surface area contributed by atoms with E-state index in [-0.39, 0.29) is 17.3 Å². The number of hydrogen-bond acceptors (Lipinski definition) is 3. The maximum Gasteiger partial charge on any atom is 0.234 e. The van der Waals surface area contributed by atoms with Gasteiger partial charge in [0.25, 0.3) is 0 Å². The van der Waals surface area contributed by atoms with E-state index in [0.29, 0.717) is 0 Å². The first-order valence-electron chi connectivity index (χ1n) is 6.74. The smallest absolute Gasteiger partial charge is 0.234 e. The van der Waals surface area contributed by atoms with Crippen molar-refractivity contribution in [3.05, 3.63) is 54.3 Å². The lowest BCUT2D eigenvalue weighted by molar-refractivity contribution is -0.113. The largest absolute Gasteiger partial charge is 0.323 e. The summed E-state index contributed by atoms with van der Waals surface area (Å²) < 4.78 is 15.4. The average Bonchev–Trinajstić information content (AvgIpc) is 2.84. The number of amides is 1. The number of halogens is 1. The van der Waals surface area contributed by atoms with E-state index in [4.69, 9.17) is 0 Å². The van der Waals surface area contributed by atoms with E-state index in [1.54, 1.807) is 12.1 Å². The van der Waals surface area contributed by atoms with Crippen molar-refractivity contribution in [3.8, 4) is 0 Å². The first kappa shape index (κ1) is 14.6. The van der Waals surface area contributed by atoms with Gasteiger partial charge in [-0.25, -0.2) is 9.37 Å². The first-order valence-corrected chi connectivity index (χ1v) is 7.72. The van der Waals surface area contributed by atoms with Gasteiger partial charge in [-0.3, -0.25) is 4.79 Å². The van der Waals surface area contributed by atoms with Crippen LogP contribution in [-0.2, 0) is 11.8 Å². The Hall–Kier alpha value is -2.34. The van der Waals surface area contributed by atoms with Crippen LogP contribution in [0.15, 0.2) is 53.7 Å². The number of aryl methyl sites for hydroxylation is 1. The third kappa shape index (κ3) is 2.96. The summed E-state index contributed by atoms with van der Waals surface area (Å²) in [6.07, 6.45) is 0. The van der Waals surface area contributed by atoms with Crippen molar-refractivity contribution >= 4 is 34.4 Å². The first-order chi connectivity index (χ1) is 10.6. The van der Waals surface area contributed by atoms with E-state index < -0.39 is 5.82 Å². The van der Waals surface area contributed by atoms with Gasteiger partial charge in [-0.1, -0.05) is 36.0 Å². The zero-order chi connectivity index (χ0) is 15.5. The molecule has 1 aromatic heterocycles. The molecule has 22 heavy (non-hydrogen) atoms. The maximum atomic E-state index is 13.5. The molecule has 0 bridgehead atoms. The van der Waals surface area contributed by atoms with Gasteiger partial charge in [0.2, 0.25) is 5.91 Å². The van der Waals surface area contributed by atoms with Crippen LogP contribution < -0.4 is 5.32 Å². The van der Waals surface area contributed by atoms with Crippen molar-refractivity contribution in [2.24, 2.45) is 7.05 Å². The molecule has 0 spiro atoms. The number of nitrogens with zero attached hydrogens (tertiary/aromatic N) is 2. The second-order valence-electron chi connectivity index (χ2n) is 4.76. The van der Waals surface area contributed by atoms with E-state index in [1.807, 2.05) is 35.9 Å². The molecule has 4 nitrogen and oxygen atoms in total. The summed E-state index contributed by atoms with van der Waals surface area (Å²) in [5, 5.41) is 3.32. The highest BCUT2D eigenvalue weighted by atomic mass is 32.2. The minimum absolute atomic E-state index is 0.172. The highest BCUT2D eigenvalue weighted by molar-refractivity contribution is 7.99. The van der Waals surface area contributed by atoms with E-state index in [0.717, 1.165) is 16.2 Å². The zero-order valence-electron chi connectivity index (χ0n) is 11.9. The number of fused-ring (bicyclic) bond motifs is 1. The van der Waals surface area contributed by atoms with Gasteiger partial charge in [-0.2, -0.15) is 0 Å². The van der Waals surface area contributed by atoms with E-state index in [1.165, 1.54) is 23.9 Å². The van der Waals surface area contributed by atoms with Crippen LogP contribution in [0.4, 0.5) is 10.1 Å². The number of nitrogens with one attached hydrogen (secondary N) is 1. The van der Waals surface area contributed by atoms with E-state index in [2.05, 4.69) is 10.3 Å². The van der Waals surface area contributed by atoms with Crippen molar-refractivity contribution in [3.63, 3.8) is 0 Å². The third-order valence-corrected chi connectivity index (χ3v) is 4.26. The van der Waals surface area contributed by atoms with Crippen LogP contribution in [0.1, 0.15) is 0 Å². The van der Waals surface area contributed by atoms with Gasteiger partial charge in [0.15, 0.2) is 5.16 Å². The fourth-order valence-corrected chi connectivity index (χ4v) is 2.92. The molecule has 0 unspecified atom stereocenters. The van der Waals surface area contributed by atoms with Crippen LogP contribution in [0.25, 0.3) is 11.0 Å². The summed E-state index contributed by atoms with van der Waals surface area (Å²) in [4.78, 5) is 16.4. The molecular weight excluding hydrogens is 301 g/mol. The Morgan fingerprint density at radius 1 is 1.23 bits per heavy atom. The van der Waals surface area contributed by atoms with Gasteiger partial charge >= 0.3 is 0 Å². The topological polar surface area (TPSA) is 46.9 Å². The second-order valence-corrected chi connectivity index (χ2v) is 5.70. The number of carbonyl (C=O) groups is 1. The Bertz CT molecular complexity index is 831. The summed E-state index contributed by atoms with van der Waals surface area (Å²) in [6.45, 7) is 0. The molecule has 1 amide bonds. The van der Waals surface area contributed by atoms with Gasteiger partial charge in [0, 0.05) is 7.05 Å². The third-order valence-electron chi connectivity index (χ3n) is 3.23. The average molecular weight is 315 g/mol. The van der Waals surface area contributed by atoms with Crippen molar-refractivity contribution in [1.82, 2.24) is 9.55 Å². The Labute approximate surface area is 131 Å². The minimum atomic E-state index is -0.441. The highest BCUT2D eigenvalue weighted by Gasteiger charge is 2.11. The number of benzene rings is 2. The SMILES string of the molecule is Cn1c(SCC(=O)Nc2ccccc2F)nc2ccccc21. The molecule has 0 atom stereocenters. The van der Waals surface area contributed by atoms with Crippen LogP contribution in [0, 0.1) is 5.82 Å². The lowest BCUT2D eigenvalue weighted by Crippen LogP contribution is -2.15. The van der Waals surface area contributed by atoms with Crippen LogP contribution in [0.5, 0.6) is 0 Å². The predicted octanol–water partition coefficient (Wildman–Crippen LogP) is 3.44. The predicted molar refractivity (Wildman–Crippen MR) is 86.5 cm³/mol. The summed E-state index contributed by atoms with van der Waals surface area (Å²) in [5.41, 5.74) is 2.10. The molecule has 0 aliphatic heterocycles. The number of thioether (sulfide) groups is 1. The minimum Gasteiger partial charge on any atom is -0.323 e. The molecule has 3 aromatic rings. The van der Waals surface area contributed by atoms with E-state index >= 15 is 0 Å². The molecule has 0 saturated carbocycles. The Kier molecular flexibility index (Phi) is 4.11. The molecule has 0 aliphatic rings. The van der Waals surface area contributed by atoms with Crippen molar-refractivity contribution in [2.75, 3.05) is 11.1 Å². The molecule has 0 fully saturated rings. The lowest BCUT2D eigenvalue weighted by atomic mass is 10.3. The number of hydrogen-bond donors (Lipinski definition) is 1. The van der Waals surface area contributed by atoms with Crippen molar-refractivity contribution in [1.29, 1.82) is 0 Å². The quantitative estimate of drug-likeness (QED) is 0.750. The molecule has 1 heterocycles. The second kappa shape index (κ2) is 6.19. The van der Waals surface area contributed by atoms with Crippen molar-refractivity contribution in [2.45, 2.75) is 5.16 Å². The highest BCUT2D eigenvalue weighted by Crippen LogP contribution is 2.23. The molecule has 2 aromatic carbocycles. The molecule has 1 N–H and O–H groups in total. The number of carbonyl (C=O) groups excluding carboxylic acids is 1. The fourth-order valence-electron chi connectivity index (χ4n) is 2.13. The van der Waals surface area contributed by atoms with Crippen LogP contribution in [0.2, 0.25) is 0 Å². The molecule has 3 rings (SSSR count). The van der Waals surface area contributed by atoms with Crippen LogP contribution in [0.3, 0.4) is 0 Å². The van der Waals surface area contributed by atoms with Crippen LogP contribution in [-0.4, -0.2) is 21.2 Å². The molecule has 112 valence electrons. The number of anilines is 1. The normalized spacial score (nSPS) is 10.8. The molecule has 0 saturated heterocycles. The number of rotatable bonds is 4. The number of aromatic nitrogens is 2.